The van der Waals surface area contributed by atoms with Gasteiger partial charge in [0.05, 0.1) is 18.1 Å². The summed E-state index contributed by atoms with van der Waals surface area (Å²) in [5.74, 6) is 0.704. The topological polar surface area (TPSA) is 38.3 Å². The van der Waals surface area contributed by atoms with Crippen molar-refractivity contribution >= 4 is 39.0 Å². The molecule has 2 rings (SSSR count). The monoisotopic (exact) mass is 353 g/mol. The number of ketones is 1. The second-order valence-corrected chi connectivity index (χ2v) is 5.42. The van der Waals surface area contributed by atoms with Gasteiger partial charge in [-0.3, -0.25) is 4.79 Å². The van der Waals surface area contributed by atoms with Crippen LogP contribution < -0.4 is 10.1 Å². The molecule has 0 aliphatic heterocycles. The quantitative estimate of drug-likeness (QED) is 0.809. The van der Waals surface area contributed by atoms with E-state index in [1.807, 2.05) is 12.1 Å². The standard InChI is InChI=1S/C15H13BrClNO2/c1-20-15-7-2-10(8-13(15)16)14(19)9-18-12-5-3-11(17)4-6-12/h2-8,18H,9H2,1H3. The number of halogens is 2. The summed E-state index contributed by atoms with van der Waals surface area (Å²) in [5, 5.41) is 3.73. The Labute approximate surface area is 131 Å². The largest absolute Gasteiger partial charge is 0.496 e. The predicted octanol–water partition coefficient (Wildman–Crippen LogP) is 4.41. The van der Waals surface area contributed by atoms with E-state index in [2.05, 4.69) is 21.2 Å². The second kappa shape index (κ2) is 6.77. The number of methoxy groups -OCH3 is 1. The van der Waals surface area contributed by atoms with E-state index in [-0.39, 0.29) is 12.3 Å². The number of rotatable bonds is 5. The first-order chi connectivity index (χ1) is 9.60. The summed E-state index contributed by atoms with van der Waals surface area (Å²) in [6.07, 6.45) is 0. The third-order valence-electron chi connectivity index (χ3n) is 2.77. The van der Waals surface area contributed by atoms with E-state index in [0.29, 0.717) is 16.3 Å². The van der Waals surface area contributed by atoms with Crippen molar-refractivity contribution in [1.82, 2.24) is 0 Å². The van der Waals surface area contributed by atoms with Crippen LogP contribution in [-0.2, 0) is 0 Å². The third kappa shape index (κ3) is 3.74. The Morgan fingerprint density at radius 2 is 1.95 bits per heavy atom. The number of nitrogens with one attached hydrogen (secondary N) is 1. The predicted molar refractivity (Wildman–Crippen MR) is 85.0 cm³/mol. The highest BCUT2D eigenvalue weighted by Gasteiger charge is 2.08. The molecule has 20 heavy (non-hydrogen) atoms. The summed E-state index contributed by atoms with van der Waals surface area (Å²) in [7, 11) is 1.59. The van der Waals surface area contributed by atoms with Gasteiger partial charge < -0.3 is 10.1 Å². The molecule has 1 N–H and O–H groups in total. The van der Waals surface area contributed by atoms with E-state index < -0.39 is 0 Å². The highest BCUT2D eigenvalue weighted by molar-refractivity contribution is 9.10. The van der Waals surface area contributed by atoms with Crippen LogP contribution in [0.1, 0.15) is 10.4 Å². The molecule has 3 nitrogen and oxygen atoms in total. The van der Waals surface area contributed by atoms with E-state index in [1.54, 1.807) is 37.4 Å². The van der Waals surface area contributed by atoms with Gasteiger partial charge in [-0.2, -0.15) is 0 Å². The van der Waals surface area contributed by atoms with Crippen molar-refractivity contribution in [3.63, 3.8) is 0 Å². The van der Waals surface area contributed by atoms with Crippen LogP contribution >= 0.6 is 27.5 Å². The van der Waals surface area contributed by atoms with Gasteiger partial charge >= 0.3 is 0 Å². The summed E-state index contributed by atoms with van der Waals surface area (Å²) in [4.78, 5) is 12.1. The number of hydrogen-bond donors (Lipinski definition) is 1. The Bertz CT molecular complexity index is 614. The fraction of sp³-hybridized carbons (Fsp3) is 0.133. The minimum absolute atomic E-state index is 0.00306. The lowest BCUT2D eigenvalue weighted by Crippen LogP contribution is -2.13. The van der Waals surface area contributed by atoms with Crippen LogP contribution in [0.3, 0.4) is 0 Å². The molecule has 2 aromatic carbocycles. The minimum Gasteiger partial charge on any atom is -0.496 e. The van der Waals surface area contributed by atoms with Crippen LogP contribution in [0, 0.1) is 0 Å². The zero-order chi connectivity index (χ0) is 14.5. The minimum atomic E-state index is 0.00306. The summed E-state index contributed by atoms with van der Waals surface area (Å²) in [6, 6.07) is 12.5. The Morgan fingerprint density at radius 1 is 1.25 bits per heavy atom. The highest BCUT2D eigenvalue weighted by atomic mass is 79.9. The Morgan fingerprint density at radius 3 is 2.55 bits per heavy atom. The van der Waals surface area contributed by atoms with Crippen molar-refractivity contribution in [2.45, 2.75) is 0 Å². The molecule has 0 unspecified atom stereocenters. The summed E-state index contributed by atoms with van der Waals surface area (Å²) < 4.78 is 5.90. The summed E-state index contributed by atoms with van der Waals surface area (Å²) in [6.45, 7) is 0.223. The van der Waals surface area contributed by atoms with E-state index in [9.17, 15) is 4.79 Å². The Hall–Kier alpha value is -1.52. The number of anilines is 1. The molecule has 0 aromatic heterocycles. The van der Waals surface area contributed by atoms with Crippen molar-refractivity contribution in [3.05, 3.63) is 57.5 Å². The molecule has 0 amide bonds. The lowest BCUT2D eigenvalue weighted by atomic mass is 10.1. The number of carbonyl (C=O) groups excluding carboxylic acids is 1. The van der Waals surface area contributed by atoms with Gasteiger partial charge in [0, 0.05) is 16.3 Å². The Balaban J connectivity index is 2.01. The maximum absolute atomic E-state index is 12.1. The molecule has 0 aliphatic carbocycles. The van der Waals surface area contributed by atoms with Gasteiger partial charge in [-0.25, -0.2) is 0 Å². The first-order valence-electron chi connectivity index (χ1n) is 5.96. The number of ether oxygens (including phenoxy) is 1. The zero-order valence-electron chi connectivity index (χ0n) is 10.8. The summed E-state index contributed by atoms with van der Waals surface area (Å²) >= 11 is 9.17. The molecule has 0 atom stereocenters. The van der Waals surface area contributed by atoms with E-state index in [4.69, 9.17) is 16.3 Å². The van der Waals surface area contributed by atoms with Crippen molar-refractivity contribution in [3.8, 4) is 5.75 Å². The number of Topliss-reactive ketones (excluding diaryl/α,β-unsaturated/α-hetero) is 1. The van der Waals surface area contributed by atoms with Crippen molar-refractivity contribution in [2.75, 3.05) is 19.0 Å². The Kier molecular flexibility index (Phi) is 5.04. The molecule has 2 aromatic rings. The molecule has 0 spiro atoms. The molecular formula is C15H13BrClNO2. The van der Waals surface area contributed by atoms with E-state index in [1.165, 1.54) is 0 Å². The normalized spacial score (nSPS) is 10.2. The van der Waals surface area contributed by atoms with Crippen molar-refractivity contribution in [1.29, 1.82) is 0 Å². The van der Waals surface area contributed by atoms with Gasteiger partial charge in [-0.05, 0) is 58.4 Å². The van der Waals surface area contributed by atoms with Gasteiger partial charge in [0.2, 0.25) is 0 Å². The molecule has 0 radical (unpaired) electrons. The third-order valence-corrected chi connectivity index (χ3v) is 3.64. The summed E-state index contributed by atoms with van der Waals surface area (Å²) in [5.41, 5.74) is 1.48. The van der Waals surface area contributed by atoms with Crippen LogP contribution in [0.25, 0.3) is 0 Å². The van der Waals surface area contributed by atoms with Crippen LogP contribution in [0.15, 0.2) is 46.9 Å². The molecule has 0 heterocycles. The lowest BCUT2D eigenvalue weighted by molar-refractivity contribution is 0.101. The highest BCUT2D eigenvalue weighted by Crippen LogP contribution is 2.25. The van der Waals surface area contributed by atoms with E-state index >= 15 is 0 Å². The average Bonchev–Trinajstić information content (AvgIpc) is 2.46. The SMILES string of the molecule is COc1ccc(C(=O)CNc2ccc(Cl)cc2)cc1Br. The number of carbonyl (C=O) groups is 1. The molecule has 5 heteroatoms. The smallest absolute Gasteiger partial charge is 0.181 e. The van der Waals surface area contributed by atoms with Crippen LogP contribution in [0.2, 0.25) is 5.02 Å². The molecule has 0 saturated heterocycles. The number of benzene rings is 2. The number of hydrogen-bond acceptors (Lipinski definition) is 3. The first-order valence-corrected chi connectivity index (χ1v) is 7.13. The molecule has 0 bridgehead atoms. The van der Waals surface area contributed by atoms with Gasteiger partial charge in [0.1, 0.15) is 5.75 Å². The van der Waals surface area contributed by atoms with E-state index in [0.717, 1.165) is 10.2 Å². The maximum atomic E-state index is 12.1. The van der Waals surface area contributed by atoms with Gasteiger partial charge in [-0.1, -0.05) is 11.6 Å². The van der Waals surface area contributed by atoms with Crippen molar-refractivity contribution in [2.24, 2.45) is 0 Å². The molecule has 104 valence electrons. The molecule has 0 aliphatic rings. The zero-order valence-corrected chi connectivity index (χ0v) is 13.2. The average molecular weight is 355 g/mol. The molecule has 0 saturated carbocycles. The van der Waals surface area contributed by atoms with Gasteiger partial charge in [-0.15, -0.1) is 0 Å². The van der Waals surface area contributed by atoms with Crippen LogP contribution in [0.5, 0.6) is 5.75 Å². The molecule has 0 fully saturated rings. The first kappa shape index (κ1) is 14.9. The van der Waals surface area contributed by atoms with Gasteiger partial charge in [0.25, 0.3) is 0 Å². The van der Waals surface area contributed by atoms with Crippen molar-refractivity contribution < 1.29 is 9.53 Å². The second-order valence-electron chi connectivity index (χ2n) is 4.13. The van der Waals surface area contributed by atoms with Crippen LogP contribution in [-0.4, -0.2) is 19.4 Å². The van der Waals surface area contributed by atoms with Crippen LogP contribution in [0.4, 0.5) is 5.69 Å². The maximum Gasteiger partial charge on any atom is 0.181 e. The van der Waals surface area contributed by atoms with Gasteiger partial charge in [0.15, 0.2) is 5.78 Å². The fourth-order valence-electron chi connectivity index (χ4n) is 1.69. The molecular weight excluding hydrogens is 342 g/mol. The fourth-order valence-corrected chi connectivity index (χ4v) is 2.36. The lowest BCUT2D eigenvalue weighted by Gasteiger charge is -2.08.